The lowest BCUT2D eigenvalue weighted by molar-refractivity contribution is -0.146. The molecule has 0 amide bonds. The average Bonchev–Trinajstić information content (AvgIpc) is 2.78. The Morgan fingerprint density at radius 2 is 2.00 bits per heavy atom. The van der Waals surface area contributed by atoms with E-state index >= 15 is 0 Å². The van der Waals surface area contributed by atoms with Gasteiger partial charge in [0.15, 0.2) is 0 Å². The van der Waals surface area contributed by atoms with Crippen LogP contribution in [0.25, 0.3) is 0 Å². The first-order valence-corrected chi connectivity index (χ1v) is 6.44. The molecule has 1 heterocycles. The number of aromatic nitrogens is 3. The normalized spacial score (nSPS) is 11.6. The highest BCUT2D eigenvalue weighted by Gasteiger charge is 2.38. The number of hydrogen-bond acceptors (Lipinski definition) is 5. The van der Waals surface area contributed by atoms with Gasteiger partial charge in [-0.15, -0.1) is 10.2 Å². The number of benzene rings is 1. The number of nitrogens with two attached hydrogens (primary N) is 1. The third-order valence-electron chi connectivity index (χ3n) is 2.47. The van der Waals surface area contributed by atoms with Gasteiger partial charge in [-0.2, -0.15) is 13.2 Å². The van der Waals surface area contributed by atoms with Crippen LogP contribution in [0.5, 0.6) is 5.75 Å². The molecule has 0 unspecified atom stereocenters. The molecule has 0 aliphatic carbocycles. The highest BCUT2D eigenvalue weighted by atomic mass is 32.2. The van der Waals surface area contributed by atoms with Gasteiger partial charge in [-0.05, 0) is 6.07 Å². The van der Waals surface area contributed by atoms with Crippen LogP contribution in [0.2, 0.25) is 0 Å². The summed E-state index contributed by atoms with van der Waals surface area (Å²) in [5.74, 6) is 5.15. The fraction of sp³-hybridized carbons (Fsp3) is 0.273. The molecule has 2 rings (SSSR count). The number of halogens is 3. The van der Waals surface area contributed by atoms with Gasteiger partial charge in [-0.25, -0.2) is 4.68 Å². The maximum atomic E-state index is 12.5. The molecule has 2 N–H and O–H groups in total. The van der Waals surface area contributed by atoms with E-state index in [1.807, 2.05) is 12.1 Å². The van der Waals surface area contributed by atoms with Crippen LogP contribution in [-0.4, -0.2) is 22.0 Å². The standard InChI is InChI=1S/C11H11F3N4OS/c1-19-8-5-3-2-4-7(8)6-20-10-17-16-9(18(10)15)11(12,13)14/h2-5H,6,15H2,1H3. The molecule has 20 heavy (non-hydrogen) atoms. The molecule has 1 aromatic carbocycles. The molecule has 0 aliphatic heterocycles. The Morgan fingerprint density at radius 1 is 1.30 bits per heavy atom. The summed E-state index contributed by atoms with van der Waals surface area (Å²) < 4.78 is 43.1. The molecular formula is C11H11F3N4OS. The summed E-state index contributed by atoms with van der Waals surface area (Å²) in [7, 11) is 1.52. The highest BCUT2D eigenvalue weighted by Crippen LogP contribution is 2.31. The Morgan fingerprint density at radius 3 is 2.60 bits per heavy atom. The lowest BCUT2D eigenvalue weighted by Crippen LogP contribution is -2.21. The summed E-state index contributed by atoms with van der Waals surface area (Å²) in [6.07, 6.45) is -4.62. The number of methoxy groups -OCH3 is 1. The van der Waals surface area contributed by atoms with Crippen molar-refractivity contribution >= 4 is 11.8 Å². The summed E-state index contributed by atoms with van der Waals surface area (Å²) in [6, 6.07) is 7.20. The quantitative estimate of drug-likeness (QED) is 0.693. The van der Waals surface area contributed by atoms with Crippen molar-refractivity contribution in [1.29, 1.82) is 0 Å². The van der Waals surface area contributed by atoms with Crippen LogP contribution < -0.4 is 10.6 Å². The van der Waals surface area contributed by atoms with Gasteiger partial charge in [0, 0.05) is 11.3 Å². The molecule has 2 aromatic rings. The van der Waals surface area contributed by atoms with Gasteiger partial charge in [-0.1, -0.05) is 30.0 Å². The van der Waals surface area contributed by atoms with Crippen LogP contribution in [-0.2, 0) is 11.9 Å². The Balaban J connectivity index is 2.14. The Bertz CT molecular complexity index is 600. The Kier molecular flexibility index (Phi) is 4.07. The van der Waals surface area contributed by atoms with Gasteiger partial charge in [0.2, 0.25) is 5.16 Å². The van der Waals surface area contributed by atoms with Crippen LogP contribution >= 0.6 is 11.8 Å². The van der Waals surface area contributed by atoms with E-state index in [1.54, 1.807) is 12.1 Å². The van der Waals surface area contributed by atoms with E-state index in [9.17, 15) is 13.2 Å². The average molecular weight is 304 g/mol. The zero-order valence-corrected chi connectivity index (χ0v) is 11.2. The minimum atomic E-state index is -4.62. The summed E-state index contributed by atoms with van der Waals surface area (Å²) in [6.45, 7) is 0. The monoisotopic (exact) mass is 304 g/mol. The number of hydrogen-bond donors (Lipinski definition) is 1. The predicted molar refractivity (Wildman–Crippen MR) is 67.7 cm³/mol. The SMILES string of the molecule is COc1ccccc1CSc1nnc(C(F)(F)F)n1N. The maximum absolute atomic E-state index is 12.5. The molecule has 0 spiro atoms. The first-order chi connectivity index (χ1) is 9.43. The molecule has 0 fully saturated rings. The van der Waals surface area contributed by atoms with E-state index in [4.69, 9.17) is 10.6 Å². The molecule has 0 saturated carbocycles. The zero-order chi connectivity index (χ0) is 14.8. The van der Waals surface area contributed by atoms with Gasteiger partial charge >= 0.3 is 6.18 Å². The largest absolute Gasteiger partial charge is 0.496 e. The maximum Gasteiger partial charge on any atom is 0.453 e. The molecular weight excluding hydrogens is 293 g/mol. The van der Waals surface area contributed by atoms with Gasteiger partial charge in [0.05, 0.1) is 7.11 Å². The van der Waals surface area contributed by atoms with Gasteiger partial charge in [0.1, 0.15) is 5.75 Å². The number of nitrogen functional groups attached to an aromatic ring is 1. The number of para-hydroxylation sites is 1. The number of thioether (sulfide) groups is 1. The molecule has 5 nitrogen and oxygen atoms in total. The number of rotatable bonds is 4. The third kappa shape index (κ3) is 2.98. The number of nitrogens with zero attached hydrogens (tertiary/aromatic N) is 3. The van der Waals surface area contributed by atoms with Crippen molar-refractivity contribution in [2.75, 3.05) is 13.0 Å². The fourth-order valence-corrected chi connectivity index (χ4v) is 2.38. The van der Waals surface area contributed by atoms with Crippen LogP contribution in [0.4, 0.5) is 13.2 Å². The van der Waals surface area contributed by atoms with Crippen LogP contribution in [0, 0.1) is 0 Å². The minimum Gasteiger partial charge on any atom is -0.496 e. The fourth-order valence-electron chi connectivity index (χ4n) is 1.53. The molecule has 0 radical (unpaired) electrons. The van der Waals surface area contributed by atoms with Crippen molar-refractivity contribution in [3.8, 4) is 5.75 Å². The van der Waals surface area contributed by atoms with Gasteiger partial charge < -0.3 is 10.6 Å². The second-order valence-electron chi connectivity index (χ2n) is 3.77. The van der Waals surface area contributed by atoms with Gasteiger partial charge in [0.25, 0.3) is 5.82 Å². The van der Waals surface area contributed by atoms with Crippen molar-refractivity contribution in [2.45, 2.75) is 17.1 Å². The van der Waals surface area contributed by atoms with E-state index in [0.717, 1.165) is 17.3 Å². The van der Waals surface area contributed by atoms with Crippen LogP contribution in [0.3, 0.4) is 0 Å². The minimum absolute atomic E-state index is 0.0109. The van der Waals surface area contributed by atoms with Gasteiger partial charge in [-0.3, -0.25) is 0 Å². The highest BCUT2D eigenvalue weighted by molar-refractivity contribution is 7.98. The molecule has 0 aliphatic rings. The third-order valence-corrected chi connectivity index (χ3v) is 3.46. The smallest absolute Gasteiger partial charge is 0.453 e. The van der Waals surface area contributed by atoms with Crippen molar-refractivity contribution < 1.29 is 17.9 Å². The summed E-state index contributed by atoms with van der Waals surface area (Å²) in [5, 5.41) is 6.48. The Labute approximate surface area is 116 Å². The molecule has 108 valence electrons. The molecule has 9 heteroatoms. The molecule has 0 saturated heterocycles. The van der Waals surface area contributed by atoms with E-state index in [0.29, 0.717) is 16.2 Å². The lowest BCUT2D eigenvalue weighted by Gasteiger charge is -2.08. The second-order valence-corrected chi connectivity index (χ2v) is 4.72. The van der Waals surface area contributed by atoms with E-state index in [1.165, 1.54) is 7.11 Å². The van der Waals surface area contributed by atoms with E-state index < -0.39 is 12.0 Å². The van der Waals surface area contributed by atoms with E-state index in [-0.39, 0.29) is 5.16 Å². The Hall–Kier alpha value is -1.90. The first kappa shape index (κ1) is 14.5. The summed E-state index contributed by atoms with van der Waals surface area (Å²) in [5.41, 5.74) is 0.830. The second kappa shape index (κ2) is 5.61. The van der Waals surface area contributed by atoms with Crippen LogP contribution in [0.1, 0.15) is 11.4 Å². The predicted octanol–water partition coefficient (Wildman–Crippen LogP) is 2.31. The topological polar surface area (TPSA) is 66.0 Å². The van der Waals surface area contributed by atoms with Crippen molar-refractivity contribution in [3.05, 3.63) is 35.7 Å². The number of ether oxygens (including phenoxy) is 1. The van der Waals surface area contributed by atoms with E-state index in [2.05, 4.69) is 10.2 Å². The van der Waals surface area contributed by atoms with Crippen molar-refractivity contribution in [2.24, 2.45) is 0 Å². The van der Waals surface area contributed by atoms with Crippen LogP contribution in [0.15, 0.2) is 29.4 Å². The molecule has 0 bridgehead atoms. The molecule has 0 atom stereocenters. The van der Waals surface area contributed by atoms with Crippen molar-refractivity contribution in [1.82, 2.24) is 14.9 Å². The summed E-state index contributed by atoms with van der Waals surface area (Å²) in [4.78, 5) is 0. The molecule has 1 aromatic heterocycles. The van der Waals surface area contributed by atoms with Crippen molar-refractivity contribution in [3.63, 3.8) is 0 Å². The lowest BCUT2D eigenvalue weighted by atomic mass is 10.2. The zero-order valence-electron chi connectivity index (χ0n) is 10.4. The number of alkyl halides is 3. The summed E-state index contributed by atoms with van der Waals surface area (Å²) >= 11 is 1.05. The first-order valence-electron chi connectivity index (χ1n) is 5.46.